The van der Waals surface area contributed by atoms with Gasteiger partial charge in [-0.25, -0.2) is 4.79 Å². The summed E-state index contributed by atoms with van der Waals surface area (Å²) in [5, 5.41) is 3.34. The minimum atomic E-state index is -0.526. The van der Waals surface area contributed by atoms with Crippen molar-refractivity contribution in [1.29, 1.82) is 0 Å². The maximum atomic E-state index is 11.9. The Bertz CT molecular complexity index is 905. The van der Waals surface area contributed by atoms with E-state index < -0.39 is 5.60 Å². The van der Waals surface area contributed by atoms with Crippen molar-refractivity contribution in [3.63, 3.8) is 0 Å². The largest absolute Gasteiger partial charge is 0.496 e. The molecule has 31 heavy (non-hydrogen) atoms. The van der Waals surface area contributed by atoms with Gasteiger partial charge < -0.3 is 29.0 Å². The van der Waals surface area contributed by atoms with E-state index in [4.69, 9.17) is 23.7 Å². The molecule has 0 saturated carbocycles. The minimum absolute atomic E-state index is 0.389. The molecule has 0 bridgehead atoms. The number of hydrogen-bond acceptors (Lipinski definition) is 7. The third kappa shape index (κ3) is 6.84. The molecule has 0 aliphatic rings. The summed E-state index contributed by atoms with van der Waals surface area (Å²) in [5.74, 6) is 1.98. The van der Waals surface area contributed by atoms with Crippen molar-refractivity contribution in [3.8, 4) is 23.0 Å². The SMILES string of the molecule is COc1cc(C=CC(=O)OC(C)(C)C)ccc1CNc1cc(OC)c(OC)c(OC)c1. The second-order valence-electron chi connectivity index (χ2n) is 7.71. The molecule has 0 radical (unpaired) electrons. The number of benzene rings is 2. The van der Waals surface area contributed by atoms with Gasteiger partial charge in [-0.15, -0.1) is 0 Å². The van der Waals surface area contributed by atoms with Crippen LogP contribution in [0.15, 0.2) is 36.4 Å². The van der Waals surface area contributed by atoms with Gasteiger partial charge in [0.25, 0.3) is 0 Å². The fourth-order valence-corrected chi connectivity index (χ4v) is 2.89. The first-order valence-corrected chi connectivity index (χ1v) is 9.82. The fraction of sp³-hybridized carbons (Fsp3) is 0.375. The first-order valence-electron chi connectivity index (χ1n) is 9.82. The maximum absolute atomic E-state index is 11.9. The highest BCUT2D eigenvalue weighted by Crippen LogP contribution is 2.40. The van der Waals surface area contributed by atoms with E-state index >= 15 is 0 Å². The number of rotatable bonds is 9. The van der Waals surface area contributed by atoms with Gasteiger partial charge in [-0.05, 0) is 38.5 Å². The molecule has 0 spiro atoms. The van der Waals surface area contributed by atoms with Crippen LogP contribution in [0, 0.1) is 0 Å². The van der Waals surface area contributed by atoms with Crippen LogP contribution in [0.5, 0.6) is 23.0 Å². The summed E-state index contributed by atoms with van der Waals surface area (Å²) < 4.78 is 27.0. The van der Waals surface area contributed by atoms with Crippen LogP contribution in [-0.2, 0) is 16.1 Å². The second-order valence-corrected chi connectivity index (χ2v) is 7.71. The molecule has 2 aromatic carbocycles. The molecule has 0 atom stereocenters. The van der Waals surface area contributed by atoms with Crippen LogP contribution < -0.4 is 24.3 Å². The van der Waals surface area contributed by atoms with Gasteiger partial charge in [0.05, 0.1) is 28.4 Å². The highest BCUT2D eigenvalue weighted by molar-refractivity contribution is 5.87. The molecule has 0 amide bonds. The lowest BCUT2D eigenvalue weighted by atomic mass is 10.1. The summed E-state index contributed by atoms with van der Waals surface area (Å²) >= 11 is 0. The van der Waals surface area contributed by atoms with E-state index in [2.05, 4.69) is 5.32 Å². The number of esters is 1. The summed E-state index contributed by atoms with van der Waals surface area (Å²) in [6.45, 7) is 6.00. The Hall–Kier alpha value is -3.35. The van der Waals surface area contributed by atoms with Gasteiger partial charge >= 0.3 is 5.97 Å². The first kappa shape index (κ1) is 23.9. The Morgan fingerprint density at radius 1 is 0.903 bits per heavy atom. The lowest BCUT2D eigenvalue weighted by molar-refractivity contribution is -0.148. The molecule has 0 aliphatic heterocycles. The number of nitrogens with one attached hydrogen (secondary N) is 1. The number of ether oxygens (including phenoxy) is 5. The van der Waals surface area contributed by atoms with Crippen LogP contribution in [0.4, 0.5) is 5.69 Å². The van der Waals surface area contributed by atoms with E-state index in [0.29, 0.717) is 29.5 Å². The highest BCUT2D eigenvalue weighted by Gasteiger charge is 2.15. The van der Waals surface area contributed by atoms with E-state index in [1.54, 1.807) is 34.5 Å². The van der Waals surface area contributed by atoms with E-state index in [1.807, 2.05) is 51.1 Å². The molecule has 0 fully saturated rings. The van der Waals surface area contributed by atoms with Gasteiger partial charge in [-0.3, -0.25) is 0 Å². The first-order chi connectivity index (χ1) is 14.7. The summed E-state index contributed by atoms with van der Waals surface area (Å²) in [6, 6.07) is 9.40. The van der Waals surface area contributed by atoms with Crippen LogP contribution >= 0.6 is 0 Å². The number of hydrogen-bond donors (Lipinski definition) is 1. The van der Waals surface area contributed by atoms with Gasteiger partial charge in [0.15, 0.2) is 11.5 Å². The minimum Gasteiger partial charge on any atom is -0.496 e. The summed E-state index contributed by atoms with van der Waals surface area (Å²) in [7, 11) is 6.33. The van der Waals surface area contributed by atoms with Crippen molar-refractivity contribution in [1.82, 2.24) is 0 Å². The molecule has 1 N–H and O–H groups in total. The average molecular weight is 430 g/mol. The normalized spacial score (nSPS) is 11.2. The Labute approximate surface area is 183 Å². The predicted octanol–water partition coefficient (Wildman–Crippen LogP) is 4.69. The van der Waals surface area contributed by atoms with Crippen LogP contribution in [-0.4, -0.2) is 40.0 Å². The van der Waals surface area contributed by atoms with Gasteiger partial charge in [-0.1, -0.05) is 12.1 Å². The molecule has 2 rings (SSSR count). The van der Waals surface area contributed by atoms with E-state index in [-0.39, 0.29) is 5.97 Å². The Balaban J connectivity index is 2.15. The Morgan fingerprint density at radius 3 is 2.03 bits per heavy atom. The van der Waals surface area contributed by atoms with Gasteiger partial charge in [-0.2, -0.15) is 0 Å². The van der Waals surface area contributed by atoms with Crippen LogP contribution in [0.25, 0.3) is 6.08 Å². The molecule has 7 heteroatoms. The Kier molecular flexibility index (Phi) is 8.19. The summed E-state index contributed by atoms with van der Waals surface area (Å²) in [6.07, 6.45) is 3.11. The third-order valence-corrected chi connectivity index (χ3v) is 4.28. The third-order valence-electron chi connectivity index (χ3n) is 4.28. The lowest BCUT2D eigenvalue weighted by Crippen LogP contribution is -2.22. The molecule has 0 heterocycles. The maximum Gasteiger partial charge on any atom is 0.331 e. The molecule has 7 nitrogen and oxygen atoms in total. The van der Waals surface area contributed by atoms with Crippen LogP contribution in [0.2, 0.25) is 0 Å². The number of carbonyl (C=O) groups is 1. The lowest BCUT2D eigenvalue weighted by Gasteiger charge is -2.18. The van der Waals surface area contributed by atoms with Crippen LogP contribution in [0.1, 0.15) is 31.9 Å². The molecule has 0 aromatic heterocycles. The second kappa shape index (κ2) is 10.6. The van der Waals surface area contributed by atoms with Gasteiger partial charge in [0.1, 0.15) is 11.4 Å². The van der Waals surface area contributed by atoms with Crippen molar-refractivity contribution in [2.75, 3.05) is 33.8 Å². The van der Waals surface area contributed by atoms with Crippen molar-refractivity contribution < 1.29 is 28.5 Å². The van der Waals surface area contributed by atoms with Gasteiger partial charge in [0, 0.05) is 36.0 Å². The van der Waals surface area contributed by atoms with E-state index in [0.717, 1.165) is 16.8 Å². The molecule has 0 unspecified atom stereocenters. The summed E-state index contributed by atoms with van der Waals surface area (Å²) in [5.41, 5.74) is 2.07. The smallest absolute Gasteiger partial charge is 0.331 e. The number of anilines is 1. The quantitative estimate of drug-likeness (QED) is 0.458. The topological polar surface area (TPSA) is 75.3 Å². The van der Waals surface area contributed by atoms with Crippen molar-refractivity contribution in [3.05, 3.63) is 47.5 Å². The zero-order valence-electron chi connectivity index (χ0n) is 19.2. The zero-order chi connectivity index (χ0) is 23.0. The van der Waals surface area contributed by atoms with Crippen molar-refractivity contribution in [2.24, 2.45) is 0 Å². The molecule has 168 valence electrons. The molecule has 0 saturated heterocycles. The zero-order valence-corrected chi connectivity index (χ0v) is 19.2. The number of carbonyl (C=O) groups excluding carboxylic acids is 1. The van der Waals surface area contributed by atoms with E-state index in [9.17, 15) is 4.79 Å². The molecule has 0 aliphatic carbocycles. The van der Waals surface area contributed by atoms with Crippen molar-refractivity contribution >= 4 is 17.7 Å². The summed E-state index contributed by atoms with van der Waals surface area (Å²) in [4.78, 5) is 11.9. The fourth-order valence-electron chi connectivity index (χ4n) is 2.89. The Morgan fingerprint density at radius 2 is 1.52 bits per heavy atom. The average Bonchev–Trinajstić information content (AvgIpc) is 2.74. The van der Waals surface area contributed by atoms with Gasteiger partial charge in [0.2, 0.25) is 5.75 Å². The number of methoxy groups -OCH3 is 4. The standard InChI is InChI=1S/C24H31NO6/c1-24(2,3)31-22(26)11-9-16-8-10-17(19(12-16)27-4)15-25-18-13-20(28-5)23(30-7)21(14-18)29-6/h8-14,25H,15H2,1-7H3. The van der Waals surface area contributed by atoms with Crippen LogP contribution in [0.3, 0.4) is 0 Å². The molecular formula is C24H31NO6. The van der Waals surface area contributed by atoms with Crippen molar-refractivity contribution in [2.45, 2.75) is 32.9 Å². The van der Waals surface area contributed by atoms with E-state index in [1.165, 1.54) is 6.08 Å². The molecular weight excluding hydrogens is 398 g/mol. The highest BCUT2D eigenvalue weighted by atomic mass is 16.6. The molecule has 2 aromatic rings. The monoisotopic (exact) mass is 429 g/mol. The predicted molar refractivity (Wildman–Crippen MR) is 121 cm³/mol.